The Labute approximate surface area is 100 Å². The van der Waals surface area contributed by atoms with E-state index in [-0.39, 0.29) is 17.9 Å². The molecule has 1 aromatic rings. The highest BCUT2D eigenvalue weighted by Crippen LogP contribution is 2.30. The third-order valence-electron chi connectivity index (χ3n) is 3.29. The van der Waals surface area contributed by atoms with Crippen LogP contribution in [-0.4, -0.2) is 22.8 Å². The molecule has 2 N–H and O–H groups in total. The predicted octanol–water partition coefficient (Wildman–Crippen LogP) is 2.05. The first-order chi connectivity index (χ1) is 8.11. The quantitative estimate of drug-likeness (QED) is 0.640. The molecule has 0 bridgehead atoms. The minimum absolute atomic E-state index is 0.0400. The number of amides is 2. The molecule has 4 nitrogen and oxygen atoms in total. The molecule has 17 heavy (non-hydrogen) atoms. The van der Waals surface area contributed by atoms with Crippen LogP contribution in [0.1, 0.15) is 47.4 Å². The van der Waals surface area contributed by atoms with Crippen LogP contribution in [0.15, 0.2) is 18.2 Å². The Kier molecular flexibility index (Phi) is 2.88. The van der Waals surface area contributed by atoms with Crippen LogP contribution in [0.5, 0.6) is 0 Å². The van der Waals surface area contributed by atoms with Crippen LogP contribution >= 0.6 is 0 Å². The summed E-state index contributed by atoms with van der Waals surface area (Å²) in [5, 5.41) is 0. The lowest BCUT2D eigenvalue weighted by Gasteiger charge is -2.23. The molecule has 1 aromatic carbocycles. The fourth-order valence-electron chi connectivity index (χ4n) is 2.31. The van der Waals surface area contributed by atoms with Crippen LogP contribution < -0.4 is 5.73 Å². The number of nitrogen functional groups attached to an aromatic ring is 1. The van der Waals surface area contributed by atoms with Crippen molar-refractivity contribution in [2.24, 2.45) is 0 Å². The highest BCUT2D eigenvalue weighted by atomic mass is 16.2. The summed E-state index contributed by atoms with van der Waals surface area (Å²) in [6.45, 7) is 3.95. The molecule has 1 heterocycles. The van der Waals surface area contributed by atoms with Gasteiger partial charge in [-0.15, -0.1) is 0 Å². The number of fused-ring (bicyclic) bond motifs is 1. The van der Waals surface area contributed by atoms with Crippen LogP contribution in [0, 0.1) is 0 Å². The zero-order valence-electron chi connectivity index (χ0n) is 10.1. The van der Waals surface area contributed by atoms with Crippen molar-refractivity contribution in [1.29, 1.82) is 0 Å². The minimum Gasteiger partial charge on any atom is -0.398 e. The van der Waals surface area contributed by atoms with Crippen LogP contribution in [0.3, 0.4) is 0 Å². The van der Waals surface area contributed by atoms with E-state index in [2.05, 4.69) is 0 Å². The zero-order valence-corrected chi connectivity index (χ0v) is 10.1. The van der Waals surface area contributed by atoms with Gasteiger partial charge in [-0.3, -0.25) is 14.5 Å². The number of hydrogen-bond donors (Lipinski definition) is 1. The van der Waals surface area contributed by atoms with Gasteiger partial charge >= 0.3 is 0 Å². The number of nitrogens with two attached hydrogens (primary N) is 1. The minimum atomic E-state index is -0.253. The first-order valence-electron chi connectivity index (χ1n) is 5.88. The van der Waals surface area contributed by atoms with Gasteiger partial charge in [0.05, 0.1) is 11.1 Å². The van der Waals surface area contributed by atoms with Crippen LogP contribution in [0.25, 0.3) is 0 Å². The first-order valence-corrected chi connectivity index (χ1v) is 5.88. The van der Waals surface area contributed by atoms with Gasteiger partial charge in [0, 0.05) is 11.7 Å². The summed E-state index contributed by atoms with van der Waals surface area (Å²) in [7, 11) is 0. The van der Waals surface area contributed by atoms with E-state index in [9.17, 15) is 9.59 Å². The average molecular weight is 232 g/mol. The number of nitrogens with zero attached hydrogens (tertiary/aromatic N) is 1. The Balaban J connectivity index is 2.49. The van der Waals surface area contributed by atoms with Crippen molar-refractivity contribution in [3.8, 4) is 0 Å². The highest BCUT2D eigenvalue weighted by Gasteiger charge is 2.39. The summed E-state index contributed by atoms with van der Waals surface area (Å²) < 4.78 is 0. The van der Waals surface area contributed by atoms with E-state index in [1.54, 1.807) is 18.2 Å². The fraction of sp³-hybridized carbons (Fsp3) is 0.385. The second-order valence-corrected chi connectivity index (χ2v) is 4.22. The Morgan fingerprint density at radius 3 is 2.35 bits per heavy atom. The van der Waals surface area contributed by atoms with Gasteiger partial charge in [0.25, 0.3) is 11.8 Å². The number of anilines is 1. The van der Waals surface area contributed by atoms with Gasteiger partial charge in [0.1, 0.15) is 0 Å². The van der Waals surface area contributed by atoms with Crippen molar-refractivity contribution in [2.45, 2.75) is 32.7 Å². The second kappa shape index (κ2) is 4.20. The fourth-order valence-corrected chi connectivity index (χ4v) is 2.31. The van der Waals surface area contributed by atoms with Crippen molar-refractivity contribution >= 4 is 17.5 Å². The molecule has 0 radical (unpaired) electrons. The molecule has 0 saturated carbocycles. The summed E-state index contributed by atoms with van der Waals surface area (Å²) >= 11 is 0. The Morgan fingerprint density at radius 1 is 1.18 bits per heavy atom. The van der Waals surface area contributed by atoms with Gasteiger partial charge < -0.3 is 5.73 Å². The Hall–Kier alpha value is -1.84. The summed E-state index contributed by atoms with van der Waals surface area (Å²) in [6, 6.07) is 4.98. The predicted molar refractivity (Wildman–Crippen MR) is 65.7 cm³/mol. The van der Waals surface area contributed by atoms with Gasteiger partial charge in [-0.25, -0.2) is 0 Å². The summed E-state index contributed by atoms with van der Waals surface area (Å²) in [6.07, 6.45) is 1.53. The summed E-state index contributed by atoms with van der Waals surface area (Å²) in [5.74, 6) is -0.470. The normalized spacial score (nSPS) is 14.6. The number of carbonyl (C=O) groups is 2. The molecule has 2 amide bonds. The molecule has 2 rings (SSSR count). The van der Waals surface area contributed by atoms with E-state index >= 15 is 0 Å². The average Bonchev–Trinajstić information content (AvgIpc) is 2.57. The molecule has 0 saturated heterocycles. The van der Waals surface area contributed by atoms with Crippen LogP contribution in [0.4, 0.5) is 5.69 Å². The first kappa shape index (κ1) is 11.6. The molecule has 1 aliphatic heterocycles. The lowest BCUT2D eigenvalue weighted by molar-refractivity contribution is 0.0576. The third kappa shape index (κ3) is 1.60. The summed E-state index contributed by atoms with van der Waals surface area (Å²) in [4.78, 5) is 25.7. The smallest absolute Gasteiger partial charge is 0.263 e. The lowest BCUT2D eigenvalue weighted by atomic mass is 10.1. The number of imide groups is 1. The molecule has 4 heteroatoms. The molecule has 0 aromatic heterocycles. The number of benzene rings is 1. The lowest BCUT2D eigenvalue weighted by Crippen LogP contribution is -2.39. The Morgan fingerprint density at radius 2 is 1.82 bits per heavy atom. The monoisotopic (exact) mass is 232 g/mol. The van der Waals surface area contributed by atoms with Crippen molar-refractivity contribution < 1.29 is 9.59 Å². The van der Waals surface area contributed by atoms with Crippen molar-refractivity contribution in [3.63, 3.8) is 0 Å². The van der Waals surface area contributed by atoms with E-state index in [0.29, 0.717) is 16.8 Å². The molecule has 0 unspecified atom stereocenters. The second-order valence-electron chi connectivity index (χ2n) is 4.22. The third-order valence-corrected chi connectivity index (χ3v) is 3.29. The number of carbonyl (C=O) groups excluding carboxylic acids is 2. The van der Waals surface area contributed by atoms with Gasteiger partial charge in [-0.05, 0) is 25.0 Å². The van der Waals surface area contributed by atoms with E-state index in [1.165, 1.54) is 4.90 Å². The highest BCUT2D eigenvalue weighted by molar-refractivity contribution is 6.23. The molecule has 90 valence electrons. The van der Waals surface area contributed by atoms with Gasteiger partial charge in [0.15, 0.2) is 0 Å². The maximum absolute atomic E-state index is 12.2. The van der Waals surface area contributed by atoms with Crippen molar-refractivity contribution in [1.82, 2.24) is 4.90 Å². The SMILES string of the molecule is CCC(CC)N1C(=O)c2cccc(N)c2C1=O. The largest absolute Gasteiger partial charge is 0.398 e. The van der Waals surface area contributed by atoms with Gasteiger partial charge in [-0.1, -0.05) is 19.9 Å². The molecular formula is C13H16N2O2. The van der Waals surface area contributed by atoms with Crippen molar-refractivity contribution in [2.75, 3.05) is 5.73 Å². The zero-order chi connectivity index (χ0) is 12.6. The maximum Gasteiger partial charge on any atom is 0.263 e. The van der Waals surface area contributed by atoms with E-state index in [0.717, 1.165) is 12.8 Å². The molecule has 0 atom stereocenters. The molecule has 0 spiro atoms. The van der Waals surface area contributed by atoms with Crippen molar-refractivity contribution in [3.05, 3.63) is 29.3 Å². The molecular weight excluding hydrogens is 216 g/mol. The summed E-state index contributed by atoms with van der Waals surface area (Å²) in [5.41, 5.74) is 6.95. The van der Waals surface area contributed by atoms with E-state index in [4.69, 9.17) is 5.73 Å². The topological polar surface area (TPSA) is 63.4 Å². The molecule has 0 fully saturated rings. The van der Waals surface area contributed by atoms with E-state index < -0.39 is 0 Å². The molecule has 1 aliphatic rings. The van der Waals surface area contributed by atoms with Crippen LogP contribution in [0.2, 0.25) is 0 Å². The maximum atomic E-state index is 12.2. The Bertz CT molecular complexity index is 478. The molecule has 0 aliphatic carbocycles. The van der Waals surface area contributed by atoms with Crippen LogP contribution in [-0.2, 0) is 0 Å². The van der Waals surface area contributed by atoms with Gasteiger partial charge in [0.2, 0.25) is 0 Å². The van der Waals surface area contributed by atoms with E-state index in [1.807, 2.05) is 13.8 Å². The number of rotatable bonds is 3. The standard InChI is InChI=1S/C13H16N2O2/c1-3-8(4-2)15-12(16)9-6-5-7-10(14)11(9)13(15)17/h5-8H,3-4,14H2,1-2H3. The van der Waals surface area contributed by atoms with Gasteiger partial charge in [-0.2, -0.15) is 0 Å². The number of hydrogen-bond acceptors (Lipinski definition) is 3.